The Balaban J connectivity index is 1.82. The summed E-state index contributed by atoms with van der Waals surface area (Å²) in [5, 5.41) is 18.8. The lowest BCUT2D eigenvalue weighted by molar-refractivity contribution is -0.0584. The monoisotopic (exact) mass is 535 g/mol. The minimum atomic E-state index is -1.32. The fraction of sp³-hybridized carbons (Fsp3) is 0.767. The summed E-state index contributed by atoms with van der Waals surface area (Å²) in [4.78, 5) is 15.2. The van der Waals surface area contributed by atoms with Gasteiger partial charge in [0.1, 0.15) is 0 Å². The molecule has 1 saturated heterocycles. The highest BCUT2D eigenvalue weighted by atomic mass is 19.1. The summed E-state index contributed by atoms with van der Waals surface area (Å²) in [6.07, 6.45) is 6.55. The predicted octanol–water partition coefficient (Wildman–Crippen LogP) is 5.06. The molecular formula is C30H50FN3O4. The quantitative estimate of drug-likeness (QED) is 0.290. The van der Waals surface area contributed by atoms with Gasteiger partial charge in [-0.15, -0.1) is 0 Å². The number of carbonyl (C=O) groups excluding carboxylic acids is 1. The van der Waals surface area contributed by atoms with Gasteiger partial charge in [-0.25, -0.2) is 9.18 Å². The van der Waals surface area contributed by atoms with Crippen molar-refractivity contribution in [3.63, 3.8) is 0 Å². The number of hydrogen-bond donors (Lipinski definition) is 3. The van der Waals surface area contributed by atoms with Gasteiger partial charge >= 0.3 is 6.03 Å². The van der Waals surface area contributed by atoms with E-state index in [4.69, 9.17) is 9.47 Å². The molecule has 2 fully saturated rings. The van der Waals surface area contributed by atoms with E-state index in [0.717, 1.165) is 44.9 Å². The van der Waals surface area contributed by atoms with Gasteiger partial charge in [0, 0.05) is 50.9 Å². The van der Waals surface area contributed by atoms with Crippen LogP contribution in [0.2, 0.25) is 0 Å². The summed E-state index contributed by atoms with van der Waals surface area (Å²) >= 11 is 0. The molecule has 216 valence electrons. The van der Waals surface area contributed by atoms with Crippen LogP contribution in [0.25, 0.3) is 0 Å². The number of methoxy groups -OCH3 is 1. The number of rotatable bonds is 14. The maximum Gasteiger partial charge on any atom is 0.317 e. The first-order valence-corrected chi connectivity index (χ1v) is 14.4. The Hall–Kier alpha value is -1.90. The zero-order valence-corrected chi connectivity index (χ0v) is 24.2. The van der Waals surface area contributed by atoms with Crippen LogP contribution >= 0.6 is 0 Å². The summed E-state index contributed by atoms with van der Waals surface area (Å²) in [7, 11) is 3.56. The van der Waals surface area contributed by atoms with Crippen molar-refractivity contribution in [1.29, 1.82) is 0 Å². The molecule has 1 aromatic rings. The van der Waals surface area contributed by atoms with E-state index in [9.17, 15) is 9.90 Å². The molecule has 3 atom stereocenters. The first kappa shape index (κ1) is 30.6. The molecule has 0 aromatic heterocycles. The Morgan fingerprint density at radius 1 is 1.24 bits per heavy atom. The number of piperidine rings is 1. The van der Waals surface area contributed by atoms with Gasteiger partial charge in [-0.2, -0.15) is 0 Å². The van der Waals surface area contributed by atoms with Crippen LogP contribution in [0.5, 0.6) is 5.75 Å². The van der Waals surface area contributed by atoms with Crippen molar-refractivity contribution >= 4 is 6.03 Å². The van der Waals surface area contributed by atoms with Crippen molar-refractivity contribution in [2.45, 2.75) is 83.8 Å². The smallest absolute Gasteiger partial charge is 0.317 e. The number of likely N-dealkylation sites (tertiary alicyclic amines) is 1. The first-order chi connectivity index (χ1) is 18.1. The number of benzene rings is 1. The molecule has 1 aromatic carbocycles. The number of carbonyl (C=O) groups is 1. The van der Waals surface area contributed by atoms with Gasteiger partial charge in [0.05, 0.1) is 12.2 Å². The van der Waals surface area contributed by atoms with E-state index in [1.165, 1.54) is 6.07 Å². The number of aliphatic hydroxyl groups is 1. The van der Waals surface area contributed by atoms with Crippen molar-refractivity contribution < 1.29 is 23.8 Å². The lowest BCUT2D eigenvalue weighted by Crippen LogP contribution is -2.54. The third-order valence-electron chi connectivity index (χ3n) is 7.77. The van der Waals surface area contributed by atoms with Gasteiger partial charge in [0.2, 0.25) is 0 Å². The van der Waals surface area contributed by atoms with Crippen molar-refractivity contribution in [1.82, 2.24) is 15.5 Å². The van der Waals surface area contributed by atoms with Crippen LogP contribution in [-0.4, -0.2) is 69.1 Å². The Bertz CT molecular complexity index is 889. The molecule has 1 heterocycles. The molecular weight excluding hydrogens is 485 g/mol. The second-order valence-corrected chi connectivity index (χ2v) is 12.5. The fourth-order valence-electron chi connectivity index (χ4n) is 5.66. The summed E-state index contributed by atoms with van der Waals surface area (Å²) in [5.41, 5.74) is -0.733. The minimum Gasteiger partial charge on any atom is -0.490 e. The predicted molar refractivity (Wildman–Crippen MR) is 149 cm³/mol. The molecule has 38 heavy (non-hydrogen) atoms. The summed E-state index contributed by atoms with van der Waals surface area (Å²) < 4.78 is 26.3. The van der Waals surface area contributed by atoms with Gasteiger partial charge in [0.25, 0.3) is 0 Å². The highest BCUT2D eigenvalue weighted by Crippen LogP contribution is 2.45. The Labute approximate surface area is 228 Å². The van der Waals surface area contributed by atoms with E-state index in [0.29, 0.717) is 50.8 Å². The van der Waals surface area contributed by atoms with Crippen molar-refractivity contribution in [2.24, 2.45) is 17.3 Å². The third-order valence-corrected chi connectivity index (χ3v) is 7.77. The number of para-hydroxylation sites is 1. The molecule has 1 saturated carbocycles. The van der Waals surface area contributed by atoms with Crippen LogP contribution in [-0.2, 0) is 10.3 Å². The van der Waals surface area contributed by atoms with Crippen LogP contribution in [0.15, 0.2) is 18.2 Å². The normalized spacial score (nSPS) is 20.6. The number of unbranched alkanes of at least 4 members (excludes halogenated alkanes) is 1. The average Bonchev–Trinajstić information content (AvgIpc) is 3.69. The lowest BCUT2D eigenvalue weighted by Gasteiger charge is -2.43. The third kappa shape index (κ3) is 8.82. The zero-order valence-electron chi connectivity index (χ0n) is 24.2. The maximum atomic E-state index is 15.1. The highest BCUT2D eigenvalue weighted by molar-refractivity contribution is 5.74. The molecule has 0 spiro atoms. The summed E-state index contributed by atoms with van der Waals surface area (Å²) in [5.74, 6) is -0.0554. The van der Waals surface area contributed by atoms with Crippen LogP contribution < -0.4 is 15.4 Å². The number of nitrogens with zero attached hydrogens (tertiary/aromatic N) is 1. The van der Waals surface area contributed by atoms with E-state index < -0.39 is 11.4 Å². The van der Waals surface area contributed by atoms with Gasteiger partial charge in [-0.3, -0.25) is 0 Å². The highest BCUT2D eigenvalue weighted by Gasteiger charge is 2.44. The van der Waals surface area contributed by atoms with Gasteiger partial charge in [-0.1, -0.05) is 32.9 Å². The molecule has 1 aliphatic heterocycles. The number of ether oxygens (including phenoxy) is 2. The van der Waals surface area contributed by atoms with E-state index in [1.54, 1.807) is 19.2 Å². The molecule has 2 aliphatic rings. The molecule has 7 nitrogen and oxygen atoms in total. The maximum absolute atomic E-state index is 15.1. The van der Waals surface area contributed by atoms with E-state index in [-0.39, 0.29) is 29.2 Å². The molecule has 0 radical (unpaired) electrons. The molecule has 8 heteroatoms. The SMILES string of the molecule is CNC[C@H](CC(C)(C)C)NC(=O)N1CCC[C@@H]([C@@](O)(CCCCOC)c2cccc(F)c2OCC2CC2)C1. The largest absolute Gasteiger partial charge is 0.490 e. The summed E-state index contributed by atoms with van der Waals surface area (Å²) in [6, 6.07) is 4.75. The molecule has 3 N–H and O–H groups in total. The van der Waals surface area contributed by atoms with Gasteiger partial charge < -0.3 is 30.1 Å². The van der Waals surface area contributed by atoms with Gasteiger partial charge in [0.15, 0.2) is 11.6 Å². The molecule has 0 bridgehead atoms. The van der Waals surface area contributed by atoms with Crippen molar-refractivity contribution in [2.75, 3.05) is 47.0 Å². The minimum absolute atomic E-state index is 0.00597. The number of likely N-dealkylation sites (N-methyl/N-ethyl adjacent to an activating group) is 1. The van der Waals surface area contributed by atoms with Crippen molar-refractivity contribution in [3.05, 3.63) is 29.6 Å². The Morgan fingerprint density at radius 2 is 2.00 bits per heavy atom. The number of nitrogens with one attached hydrogen (secondary N) is 2. The number of halogens is 1. The Kier molecular flexibility index (Phi) is 11.2. The molecule has 1 aliphatic carbocycles. The topological polar surface area (TPSA) is 83.1 Å². The molecule has 3 rings (SSSR count). The molecule has 2 amide bonds. The lowest BCUT2D eigenvalue weighted by atomic mass is 9.73. The van der Waals surface area contributed by atoms with E-state index in [1.807, 2.05) is 11.9 Å². The number of urea groups is 1. The number of hydrogen-bond acceptors (Lipinski definition) is 5. The van der Waals surface area contributed by atoms with Crippen LogP contribution in [0.1, 0.15) is 77.7 Å². The fourth-order valence-corrected chi connectivity index (χ4v) is 5.66. The first-order valence-electron chi connectivity index (χ1n) is 14.4. The Morgan fingerprint density at radius 3 is 2.66 bits per heavy atom. The van der Waals surface area contributed by atoms with Crippen molar-refractivity contribution in [3.8, 4) is 5.75 Å². The van der Waals surface area contributed by atoms with Gasteiger partial charge in [-0.05, 0) is 75.8 Å². The second-order valence-electron chi connectivity index (χ2n) is 12.5. The summed E-state index contributed by atoms with van der Waals surface area (Å²) in [6.45, 7) is 9.32. The van der Waals surface area contributed by atoms with Crippen LogP contribution in [0, 0.1) is 23.1 Å². The second kappa shape index (κ2) is 13.9. The molecule has 0 unspecified atom stereocenters. The van der Waals surface area contributed by atoms with E-state index >= 15 is 4.39 Å². The standard InChI is InChI=1S/C30H50FN3O4/c1-29(2,3)18-24(19-32-4)33-28(35)34-16-9-10-23(20-34)30(36,15-6-7-17-37-5)25-11-8-12-26(31)27(25)38-21-22-13-14-22/h8,11-12,22-24,32,36H,6-7,9-10,13-21H2,1-5H3,(H,33,35)/t23-,24+,30+/m1/s1. The number of amides is 2. The zero-order chi connectivity index (χ0) is 27.8. The van der Waals surface area contributed by atoms with Crippen LogP contribution in [0.4, 0.5) is 9.18 Å². The van der Waals surface area contributed by atoms with E-state index in [2.05, 4.69) is 31.4 Å². The average molecular weight is 536 g/mol. The van der Waals surface area contributed by atoms with Crippen LogP contribution in [0.3, 0.4) is 0 Å².